The summed E-state index contributed by atoms with van der Waals surface area (Å²) in [6.07, 6.45) is 1.63. The van der Waals surface area contributed by atoms with Crippen LogP contribution < -0.4 is 5.69 Å². The fraction of sp³-hybridized carbons (Fsp3) is 0.0769. The third kappa shape index (κ3) is 2.13. The van der Waals surface area contributed by atoms with Gasteiger partial charge in [-0.2, -0.15) is 0 Å². The average molecular weight is 278 g/mol. The van der Waals surface area contributed by atoms with E-state index in [0.29, 0.717) is 16.2 Å². The molecule has 2 heterocycles. The number of halogens is 2. The maximum Gasteiger partial charge on any atom is 0.350 e. The van der Waals surface area contributed by atoms with E-state index in [0.717, 1.165) is 0 Å². The number of nitrogens with zero attached hydrogens (tertiary/aromatic N) is 3. The van der Waals surface area contributed by atoms with E-state index >= 15 is 0 Å². The average Bonchev–Trinajstić information content (AvgIpc) is 2.72. The number of pyridine rings is 1. The summed E-state index contributed by atoms with van der Waals surface area (Å²) < 4.78 is 15.9. The van der Waals surface area contributed by atoms with Gasteiger partial charge in [0.15, 0.2) is 5.65 Å². The molecule has 0 saturated heterocycles. The number of benzene rings is 1. The Bertz CT molecular complexity index is 809. The number of aromatic nitrogens is 3. The van der Waals surface area contributed by atoms with Gasteiger partial charge >= 0.3 is 5.69 Å². The van der Waals surface area contributed by atoms with Crippen LogP contribution in [-0.2, 0) is 6.54 Å². The van der Waals surface area contributed by atoms with E-state index in [4.69, 9.17) is 11.6 Å². The number of rotatable bonds is 2. The lowest BCUT2D eigenvalue weighted by atomic mass is 10.2. The Morgan fingerprint density at radius 1 is 1.26 bits per heavy atom. The van der Waals surface area contributed by atoms with E-state index in [1.165, 1.54) is 27.3 Å². The van der Waals surface area contributed by atoms with Gasteiger partial charge in [0.05, 0.1) is 6.54 Å². The molecule has 0 aliphatic carbocycles. The molecule has 3 rings (SSSR count). The summed E-state index contributed by atoms with van der Waals surface area (Å²) in [5.41, 5.74) is 0.781. The van der Waals surface area contributed by atoms with Crippen molar-refractivity contribution in [1.82, 2.24) is 14.2 Å². The Morgan fingerprint density at radius 2 is 2.11 bits per heavy atom. The zero-order chi connectivity index (χ0) is 13.4. The minimum absolute atomic E-state index is 0.136. The molecular weight excluding hydrogens is 269 g/mol. The SMILES string of the molecule is O=c1n(Cc2cc(F)ccc2Cl)nc2ccccn12. The number of hydrogen-bond acceptors (Lipinski definition) is 2. The van der Waals surface area contributed by atoms with Gasteiger partial charge in [-0.15, -0.1) is 5.10 Å². The van der Waals surface area contributed by atoms with Crippen molar-refractivity contribution in [3.63, 3.8) is 0 Å². The van der Waals surface area contributed by atoms with Crippen LogP contribution in [0.5, 0.6) is 0 Å². The van der Waals surface area contributed by atoms with Crippen LogP contribution in [-0.4, -0.2) is 14.2 Å². The van der Waals surface area contributed by atoms with Gasteiger partial charge in [0.25, 0.3) is 0 Å². The van der Waals surface area contributed by atoms with Gasteiger partial charge in [-0.1, -0.05) is 17.7 Å². The highest BCUT2D eigenvalue weighted by Gasteiger charge is 2.09. The van der Waals surface area contributed by atoms with Gasteiger partial charge in [0.1, 0.15) is 5.82 Å². The summed E-state index contributed by atoms with van der Waals surface area (Å²) >= 11 is 5.98. The quantitative estimate of drug-likeness (QED) is 0.721. The second-order valence-electron chi connectivity index (χ2n) is 4.10. The Balaban J connectivity index is 2.08. The van der Waals surface area contributed by atoms with E-state index in [1.54, 1.807) is 24.4 Å². The van der Waals surface area contributed by atoms with Crippen molar-refractivity contribution in [2.75, 3.05) is 0 Å². The van der Waals surface area contributed by atoms with Crippen molar-refractivity contribution < 1.29 is 4.39 Å². The lowest BCUT2D eigenvalue weighted by Gasteiger charge is -2.03. The maximum atomic E-state index is 13.2. The molecule has 19 heavy (non-hydrogen) atoms. The summed E-state index contributed by atoms with van der Waals surface area (Å²) in [4.78, 5) is 12.1. The standard InChI is InChI=1S/C13H9ClFN3O/c14-11-5-4-10(15)7-9(11)8-18-13(19)17-6-2-1-3-12(17)16-18/h1-7H,8H2. The van der Waals surface area contributed by atoms with Crippen LogP contribution in [0, 0.1) is 5.82 Å². The second kappa shape index (κ2) is 4.51. The molecule has 0 spiro atoms. The normalized spacial score (nSPS) is 11.1. The number of hydrogen-bond donors (Lipinski definition) is 0. The summed E-state index contributed by atoms with van der Waals surface area (Å²) in [5.74, 6) is -0.392. The van der Waals surface area contributed by atoms with Gasteiger partial charge in [-0.3, -0.25) is 4.40 Å². The van der Waals surface area contributed by atoms with E-state index in [-0.39, 0.29) is 12.2 Å². The van der Waals surface area contributed by atoms with E-state index in [2.05, 4.69) is 5.10 Å². The molecule has 6 heteroatoms. The highest BCUT2D eigenvalue weighted by atomic mass is 35.5. The molecule has 0 aliphatic heterocycles. The molecule has 0 amide bonds. The van der Waals surface area contributed by atoms with Crippen LogP contribution in [0.15, 0.2) is 47.4 Å². The summed E-state index contributed by atoms with van der Waals surface area (Å²) in [6, 6.07) is 9.31. The monoisotopic (exact) mass is 277 g/mol. The second-order valence-corrected chi connectivity index (χ2v) is 4.51. The molecule has 0 atom stereocenters. The summed E-state index contributed by atoms with van der Waals surface area (Å²) in [7, 11) is 0. The predicted molar refractivity (Wildman–Crippen MR) is 70.0 cm³/mol. The maximum absolute atomic E-state index is 13.2. The molecule has 4 nitrogen and oxygen atoms in total. The molecule has 2 aromatic heterocycles. The third-order valence-electron chi connectivity index (χ3n) is 2.82. The molecular formula is C13H9ClFN3O. The summed E-state index contributed by atoms with van der Waals surface area (Å²) in [6.45, 7) is 0.136. The van der Waals surface area contributed by atoms with Crippen molar-refractivity contribution in [3.05, 3.63) is 69.5 Å². The first kappa shape index (κ1) is 11.9. The van der Waals surface area contributed by atoms with Crippen molar-refractivity contribution in [3.8, 4) is 0 Å². The smallest absolute Gasteiger partial charge is 0.250 e. The molecule has 0 bridgehead atoms. The molecule has 0 radical (unpaired) electrons. The largest absolute Gasteiger partial charge is 0.350 e. The van der Waals surface area contributed by atoms with Crippen molar-refractivity contribution in [1.29, 1.82) is 0 Å². The van der Waals surface area contributed by atoms with Crippen molar-refractivity contribution in [2.24, 2.45) is 0 Å². The first-order chi connectivity index (χ1) is 9.15. The molecule has 96 valence electrons. The van der Waals surface area contributed by atoms with Gasteiger partial charge in [-0.25, -0.2) is 13.9 Å². The van der Waals surface area contributed by atoms with Gasteiger partial charge in [0, 0.05) is 11.2 Å². The van der Waals surface area contributed by atoms with Crippen LogP contribution in [0.4, 0.5) is 4.39 Å². The molecule has 0 unspecified atom stereocenters. The lowest BCUT2D eigenvalue weighted by Crippen LogP contribution is -2.21. The zero-order valence-corrected chi connectivity index (χ0v) is 10.5. The van der Waals surface area contributed by atoms with E-state index < -0.39 is 5.82 Å². The first-order valence-electron chi connectivity index (χ1n) is 5.63. The fourth-order valence-corrected chi connectivity index (χ4v) is 2.07. The van der Waals surface area contributed by atoms with E-state index in [1.807, 2.05) is 0 Å². The van der Waals surface area contributed by atoms with Crippen LogP contribution in [0.25, 0.3) is 5.65 Å². The molecule has 0 fully saturated rings. The van der Waals surface area contributed by atoms with Crippen LogP contribution in [0.1, 0.15) is 5.56 Å². The van der Waals surface area contributed by atoms with Crippen LogP contribution >= 0.6 is 11.6 Å². The highest BCUT2D eigenvalue weighted by Crippen LogP contribution is 2.17. The Labute approximate surface area is 112 Å². The van der Waals surface area contributed by atoms with Crippen molar-refractivity contribution in [2.45, 2.75) is 6.54 Å². The zero-order valence-electron chi connectivity index (χ0n) is 9.75. The minimum Gasteiger partial charge on any atom is -0.250 e. The predicted octanol–water partition coefficient (Wildman–Crippen LogP) is 2.34. The Kier molecular flexibility index (Phi) is 2.83. The molecule has 0 N–H and O–H groups in total. The first-order valence-corrected chi connectivity index (χ1v) is 6.01. The third-order valence-corrected chi connectivity index (χ3v) is 3.19. The summed E-state index contributed by atoms with van der Waals surface area (Å²) in [5, 5.41) is 4.57. The Hall–Kier alpha value is -2.14. The molecule has 0 saturated carbocycles. The fourth-order valence-electron chi connectivity index (χ4n) is 1.90. The number of fused-ring (bicyclic) bond motifs is 1. The van der Waals surface area contributed by atoms with Gasteiger partial charge in [-0.05, 0) is 35.9 Å². The highest BCUT2D eigenvalue weighted by molar-refractivity contribution is 6.31. The molecule has 3 aromatic rings. The lowest BCUT2D eigenvalue weighted by molar-refractivity contribution is 0.615. The molecule has 0 aliphatic rings. The van der Waals surface area contributed by atoms with Crippen LogP contribution in [0.3, 0.4) is 0 Å². The van der Waals surface area contributed by atoms with Crippen LogP contribution in [0.2, 0.25) is 5.02 Å². The van der Waals surface area contributed by atoms with Gasteiger partial charge in [0.2, 0.25) is 0 Å². The molecule has 1 aromatic carbocycles. The van der Waals surface area contributed by atoms with Gasteiger partial charge < -0.3 is 0 Å². The van der Waals surface area contributed by atoms with E-state index in [9.17, 15) is 9.18 Å². The topological polar surface area (TPSA) is 39.3 Å². The van der Waals surface area contributed by atoms with Crippen molar-refractivity contribution >= 4 is 17.2 Å². The Morgan fingerprint density at radius 3 is 2.89 bits per heavy atom. The minimum atomic E-state index is -0.392.